The van der Waals surface area contributed by atoms with E-state index in [1.165, 1.54) is 7.11 Å². The number of hydrogen-bond donors (Lipinski definition) is 1. The smallest absolute Gasteiger partial charge is 0.336 e. The Balaban J connectivity index is 2.20. The first-order valence-corrected chi connectivity index (χ1v) is 12.6. The Morgan fingerprint density at radius 3 is 2.35 bits per heavy atom. The summed E-state index contributed by atoms with van der Waals surface area (Å²) in [6.45, 7) is 14.8. The first kappa shape index (κ1) is 30.3. The van der Waals surface area contributed by atoms with E-state index >= 15 is 0 Å². The lowest BCUT2D eigenvalue weighted by Gasteiger charge is -2.31. The number of nitrogens with zero attached hydrogens (tertiary/aromatic N) is 1. The van der Waals surface area contributed by atoms with Crippen LogP contribution in [-0.4, -0.2) is 76.6 Å². The summed E-state index contributed by atoms with van der Waals surface area (Å²) in [5.41, 5.74) is 2.18. The van der Waals surface area contributed by atoms with Crippen molar-refractivity contribution >= 4 is 23.5 Å². The highest BCUT2D eigenvalue weighted by atomic mass is 35.5. The molecule has 2 rings (SSSR count). The molecular weight excluding hydrogens is 496 g/mol. The van der Waals surface area contributed by atoms with E-state index in [-0.39, 0.29) is 24.4 Å². The maximum atomic E-state index is 13.2. The Bertz CT molecular complexity index is 1010. The Kier molecular flexibility index (Phi) is 13.1. The molecule has 9 heteroatoms. The van der Waals surface area contributed by atoms with Gasteiger partial charge in [0.25, 0.3) is 0 Å². The molecular formula is C28H37ClN2O6. The maximum Gasteiger partial charge on any atom is 0.336 e. The minimum Gasteiger partial charge on any atom is -0.466 e. The number of rotatable bonds is 16. The van der Waals surface area contributed by atoms with Gasteiger partial charge in [0.05, 0.1) is 62.9 Å². The number of methoxy groups -OCH3 is 1. The molecule has 0 spiro atoms. The van der Waals surface area contributed by atoms with Crippen molar-refractivity contribution in [3.63, 3.8) is 0 Å². The normalized spacial score (nSPS) is 15.4. The monoisotopic (exact) mass is 532 g/mol. The molecule has 1 aliphatic heterocycles. The van der Waals surface area contributed by atoms with Gasteiger partial charge in [-0.1, -0.05) is 42.0 Å². The summed E-state index contributed by atoms with van der Waals surface area (Å²) in [6, 6.07) is 7.08. The van der Waals surface area contributed by atoms with Gasteiger partial charge in [0.1, 0.15) is 0 Å². The van der Waals surface area contributed by atoms with Gasteiger partial charge in [0.2, 0.25) is 0 Å². The van der Waals surface area contributed by atoms with Gasteiger partial charge in [-0.05, 0) is 25.5 Å². The molecule has 0 amide bonds. The topological polar surface area (TPSA) is 86.3 Å². The summed E-state index contributed by atoms with van der Waals surface area (Å²) in [5.74, 6) is -1.91. The second-order valence-corrected chi connectivity index (χ2v) is 8.63. The van der Waals surface area contributed by atoms with E-state index in [1.54, 1.807) is 38.1 Å². The van der Waals surface area contributed by atoms with Crippen molar-refractivity contribution < 1.29 is 28.5 Å². The SMILES string of the molecule is C=CCN(CC=C)CCOCCOCC1=C(C(=O)OCC)[C@@H](c2ccccc2Cl)C(C(=O)OC)=C(C)N1. The third-order valence-corrected chi connectivity index (χ3v) is 6.05. The lowest BCUT2D eigenvalue weighted by Crippen LogP contribution is -2.35. The molecule has 0 aliphatic carbocycles. The number of carbonyl (C=O) groups excluding carboxylic acids is 2. The van der Waals surface area contributed by atoms with Crippen molar-refractivity contribution in [1.82, 2.24) is 10.2 Å². The van der Waals surface area contributed by atoms with Gasteiger partial charge in [-0.15, -0.1) is 13.2 Å². The number of esters is 2. The molecule has 1 aromatic rings. The molecule has 202 valence electrons. The number of dihydropyridines is 1. The molecule has 1 aliphatic rings. The molecule has 8 nitrogen and oxygen atoms in total. The molecule has 1 N–H and O–H groups in total. The zero-order valence-corrected chi connectivity index (χ0v) is 22.6. The number of carbonyl (C=O) groups is 2. The number of nitrogens with one attached hydrogen (secondary N) is 1. The van der Waals surface area contributed by atoms with E-state index in [0.29, 0.717) is 41.8 Å². The minimum absolute atomic E-state index is 0.0866. The molecule has 0 fully saturated rings. The zero-order chi connectivity index (χ0) is 27.2. The van der Waals surface area contributed by atoms with Gasteiger partial charge in [0, 0.05) is 30.4 Å². The molecule has 37 heavy (non-hydrogen) atoms. The molecule has 0 radical (unpaired) electrons. The maximum absolute atomic E-state index is 13.2. The Morgan fingerprint density at radius 1 is 1.05 bits per heavy atom. The lowest BCUT2D eigenvalue weighted by atomic mass is 9.80. The summed E-state index contributed by atoms with van der Waals surface area (Å²) >= 11 is 6.52. The standard InChI is InChI=1S/C28H37ClN2O6/c1-6-13-31(14-7-2)15-16-35-17-18-36-19-23-26(28(33)37-8-3)25(21-11-9-10-12-22(21)29)24(20(4)30-23)27(32)34-5/h6-7,9-12,25,30H,1-2,8,13-19H2,3-5H3/t25-/m0/s1. The highest BCUT2D eigenvalue weighted by Gasteiger charge is 2.39. The van der Waals surface area contributed by atoms with Crippen molar-refractivity contribution in [1.29, 1.82) is 0 Å². The van der Waals surface area contributed by atoms with Crippen molar-refractivity contribution in [2.24, 2.45) is 0 Å². The van der Waals surface area contributed by atoms with E-state index in [4.69, 9.17) is 30.5 Å². The number of allylic oxidation sites excluding steroid dienone is 1. The van der Waals surface area contributed by atoms with Crippen LogP contribution >= 0.6 is 11.6 Å². The Labute approximate surface area is 224 Å². The van der Waals surface area contributed by atoms with E-state index < -0.39 is 17.9 Å². The summed E-state index contributed by atoms with van der Waals surface area (Å²) < 4.78 is 22.0. The summed E-state index contributed by atoms with van der Waals surface area (Å²) in [6.07, 6.45) is 3.69. The third kappa shape index (κ3) is 8.57. The van der Waals surface area contributed by atoms with E-state index in [9.17, 15) is 9.59 Å². The van der Waals surface area contributed by atoms with Gasteiger partial charge in [-0.2, -0.15) is 0 Å². The first-order chi connectivity index (χ1) is 17.9. The molecule has 1 heterocycles. The number of hydrogen-bond acceptors (Lipinski definition) is 8. The van der Waals surface area contributed by atoms with E-state index in [2.05, 4.69) is 23.4 Å². The van der Waals surface area contributed by atoms with Crippen LogP contribution in [0.2, 0.25) is 5.02 Å². The van der Waals surface area contributed by atoms with Crippen LogP contribution < -0.4 is 5.32 Å². The van der Waals surface area contributed by atoms with E-state index in [0.717, 1.165) is 19.6 Å². The highest BCUT2D eigenvalue weighted by molar-refractivity contribution is 6.31. The summed E-state index contributed by atoms with van der Waals surface area (Å²) in [7, 11) is 1.30. The Hall–Kier alpha value is -2.91. The predicted octanol–water partition coefficient (Wildman–Crippen LogP) is 4.00. The zero-order valence-electron chi connectivity index (χ0n) is 21.9. The van der Waals surface area contributed by atoms with Crippen molar-refractivity contribution in [3.05, 3.63) is 82.7 Å². The molecule has 0 bridgehead atoms. The average Bonchev–Trinajstić information content (AvgIpc) is 2.88. The Morgan fingerprint density at radius 2 is 1.73 bits per heavy atom. The van der Waals surface area contributed by atoms with Gasteiger partial charge in [-0.25, -0.2) is 9.59 Å². The van der Waals surface area contributed by atoms with Crippen molar-refractivity contribution in [2.75, 3.05) is 59.8 Å². The fourth-order valence-electron chi connectivity index (χ4n) is 4.07. The van der Waals surface area contributed by atoms with Crippen LogP contribution in [0.15, 0.2) is 72.1 Å². The third-order valence-electron chi connectivity index (χ3n) is 5.71. The first-order valence-electron chi connectivity index (χ1n) is 12.2. The summed E-state index contributed by atoms with van der Waals surface area (Å²) in [5, 5.41) is 3.58. The fraction of sp³-hybridized carbons (Fsp3) is 0.429. The average molecular weight is 533 g/mol. The molecule has 1 aromatic carbocycles. The number of benzene rings is 1. The second kappa shape index (κ2) is 16.0. The van der Waals surface area contributed by atoms with Crippen LogP contribution in [0.3, 0.4) is 0 Å². The number of halogens is 1. The van der Waals surface area contributed by atoms with Crippen LogP contribution in [0.5, 0.6) is 0 Å². The van der Waals surface area contributed by atoms with Gasteiger partial charge >= 0.3 is 11.9 Å². The van der Waals surface area contributed by atoms with Gasteiger partial charge in [-0.3, -0.25) is 4.90 Å². The lowest BCUT2D eigenvalue weighted by molar-refractivity contribution is -0.139. The molecule has 0 unspecified atom stereocenters. The van der Waals surface area contributed by atoms with Crippen LogP contribution in [0.1, 0.15) is 25.3 Å². The molecule has 0 saturated heterocycles. The quantitative estimate of drug-likeness (QED) is 0.194. The summed E-state index contributed by atoms with van der Waals surface area (Å²) in [4.78, 5) is 28.1. The second-order valence-electron chi connectivity index (χ2n) is 8.22. The van der Waals surface area contributed by atoms with E-state index in [1.807, 2.05) is 12.2 Å². The fourth-order valence-corrected chi connectivity index (χ4v) is 4.32. The molecule has 1 atom stereocenters. The molecule has 0 saturated carbocycles. The van der Waals surface area contributed by atoms with Crippen molar-refractivity contribution in [2.45, 2.75) is 19.8 Å². The van der Waals surface area contributed by atoms with Gasteiger partial charge < -0.3 is 24.3 Å². The van der Waals surface area contributed by atoms with Crippen LogP contribution in [0, 0.1) is 0 Å². The highest BCUT2D eigenvalue weighted by Crippen LogP contribution is 2.41. The van der Waals surface area contributed by atoms with Gasteiger partial charge in [0.15, 0.2) is 0 Å². The van der Waals surface area contributed by atoms with Crippen LogP contribution in [0.25, 0.3) is 0 Å². The molecule has 0 aromatic heterocycles. The number of ether oxygens (including phenoxy) is 4. The largest absolute Gasteiger partial charge is 0.466 e. The van der Waals surface area contributed by atoms with Crippen molar-refractivity contribution in [3.8, 4) is 0 Å². The van der Waals surface area contributed by atoms with Crippen LogP contribution in [0.4, 0.5) is 0 Å². The van der Waals surface area contributed by atoms with Crippen LogP contribution in [-0.2, 0) is 28.5 Å². The predicted molar refractivity (Wildman–Crippen MR) is 144 cm³/mol. The minimum atomic E-state index is -0.781.